The summed E-state index contributed by atoms with van der Waals surface area (Å²) in [6.07, 6.45) is 0. The number of carbonyl (C=O) groups is 1. The van der Waals surface area contributed by atoms with Gasteiger partial charge in [0.15, 0.2) is 5.82 Å². The van der Waals surface area contributed by atoms with Crippen molar-refractivity contribution in [1.82, 2.24) is 20.0 Å². The second-order valence-corrected chi connectivity index (χ2v) is 4.42. The number of aromatic amines is 1. The Kier molecular flexibility index (Phi) is 3.51. The molecule has 2 aromatic heterocycles. The number of aryl methyl sites for hydroxylation is 2. The van der Waals surface area contributed by atoms with E-state index in [0.717, 1.165) is 5.69 Å². The van der Waals surface area contributed by atoms with Crippen molar-refractivity contribution in [3.63, 3.8) is 0 Å². The van der Waals surface area contributed by atoms with Gasteiger partial charge in [0.1, 0.15) is 17.9 Å². The summed E-state index contributed by atoms with van der Waals surface area (Å²) in [4.78, 5) is 22.2. The van der Waals surface area contributed by atoms with E-state index in [4.69, 9.17) is 0 Å². The Bertz CT molecular complexity index is 672. The molecule has 0 aromatic carbocycles. The third-order valence-electron chi connectivity index (χ3n) is 2.79. The summed E-state index contributed by atoms with van der Waals surface area (Å²) in [5.41, 5.74) is 1.40. The highest BCUT2D eigenvalue weighted by atomic mass is 16.6. The number of nitrogens with one attached hydrogen (secondary N) is 2. The van der Waals surface area contributed by atoms with Gasteiger partial charge in [-0.3, -0.25) is 24.7 Å². The van der Waals surface area contributed by atoms with Crippen molar-refractivity contribution in [2.24, 2.45) is 0 Å². The zero-order valence-electron chi connectivity index (χ0n) is 11.3. The zero-order valence-corrected chi connectivity index (χ0v) is 11.3. The number of hydrogen-bond donors (Lipinski definition) is 2. The van der Waals surface area contributed by atoms with Gasteiger partial charge in [0, 0.05) is 11.8 Å². The monoisotopic (exact) mass is 278 g/mol. The number of aromatic nitrogens is 4. The average Bonchev–Trinajstić information content (AvgIpc) is 2.84. The Morgan fingerprint density at radius 1 is 1.50 bits per heavy atom. The lowest BCUT2D eigenvalue weighted by atomic mass is 10.3. The largest absolute Gasteiger partial charge is 0.312 e. The second-order valence-electron chi connectivity index (χ2n) is 4.42. The standard InChI is InChI=1S/C11H14N6O3/c1-6-4-9(14-13-6)12-10(18)5-16-8(3)11(17(19)20)7(2)15-16/h4H,5H2,1-3H3,(H2,12,13,14,18). The van der Waals surface area contributed by atoms with Gasteiger partial charge >= 0.3 is 5.69 Å². The van der Waals surface area contributed by atoms with Crippen molar-refractivity contribution in [3.05, 3.63) is 33.3 Å². The molecule has 0 aliphatic rings. The van der Waals surface area contributed by atoms with Gasteiger partial charge < -0.3 is 5.32 Å². The molecule has 9 heteroatoms. The van der Waals surface area contributed by atoms with Crippen LogP contribution in [0.15, 0.2) is 6.07 Å². The van der Waals surface area contributed by atoms with Crippen LogP contribution < -0.4 is 5.32 Å². The lowest BCUT2D eigenvalue weighted by Gasteiger charge is -2.03. The van der Waals surface area contributed by atoms with E-state index in [1.54, 1.807) is 13.0 Å². The molecule has 2 aromatic rings. The summed E-state index contributed by atoms with van der Waals surface area (Å²) in [5, 5.41) is 24.0. The summed E-state index contributed by atoms with van der Waals surface area (Å²) < 4.78 is 1.31. The molecule has 0 unspecified atom stereocenters. The van der Waals surface area contributed by atoms with Crippen LogP contribution in [0.5, 0.6) is 0 Å². The molecule has 2 heterocycles. The van der Waals surface area contributed by atoms with Gasteiger partial charge in [-0.2, -0.15) is 10.2 Å². The highest BCUT2D eigenvalue weighted by Gasteiger charge is 2.22. The van der Waals surface area contributed by atoms with E-state index < -0.39 is 4.92 Å². The molecule has 0 radical (unpaired) electrons. The number of rotatable bonds is 4. The SMILES string of the molecule is Cc1cc(NC(=O)Cn2nc(C)c([N+](=O)[O-])c2C)n[nH]1. The minimum atomic E-state index is -0.497. The van der Waals surface area contributed by atoms with Crippen LogP contribution in [-0.4, -0.2) is 30.8 Å². The number of anilines is 1. The van der Waals surface area contributed by atoms with E-state index in [2.05, 4.69) is 20.6 Å². The molecule has 0 saturated heterocycles. The van der Waals surface area contributed by atoms with Crippen LogP contribution in [0.3, 0.4) is 0 Å². The molecule has 2 rings (SSSR count). The first kappa shape index (κ1) is 13.7. The van der Waals surface area contributed by atoms with Gasteiger partial charge in [-0.1, -0.05) is 0 Å². The molecule has 106 valence electrons. The summed E-state index contributed by atoms with van der Waals surface area (Å²) in [6, 6.07) is 1.68. The van der Waals surface area contributed by atoms with Gasteiger partial charge in [-0.15, -0.1) is 0 Å². The average molecular weight is 278 g/mol. The molecule has 0 spiro atoms. The maximum absolute atomic E-state index is 11.8. The zero-order chi connectivity index (χ0) is 14.9. The molecule has 1 amide bonds. The number of carbonyl (C=O) groups excluding carboxylic acids is 1. The first-order valence-corrected chi connectivity index (χ1v) is 5.88. The van der Waals surface area contributed by atoms with E-state index in [1.807, 2.05) is 6.92 Å². The molecular formula is C11H14N6O3. The Labute approximate surface area is 114 Å². The van der Waals surface area contributed by atoms with Crippen molar-refractivity contribution in [3.8, 4) is 0 Å². The number of amides is 1. The molecule has 0 saturated carbocycles. The van der Waals surface area contributed by atoms with Crippen LogP contribution in [0.25, 0.3) is 0 Å². The van der Waals surface area contributed by atoms with Gasteiger partial charge in [-0.25, -0.2) is 0 Å². The fraction of sp³-hybridized carbons (Fsp3) is 0.364. The summed E-state index contributed by atoms with van der Waals surface area (Å²) >= 11 is 0. The number of H-pyrrole nitrogens is 1. The first-order valence-electron chi connectivity index (χ1n) is 5.88. The smallest absolute Gasteiger partial charge is 0.308 e. The first-order chi connectivity index (χ1) is 9.38. The number of nitrogens with zero attached hydrogens (tertiary/aromatic N) is 4. The van der Waals surface area contributed by atoms with Crippen molar-refractivity contribution in [2.45, 2.75) is 27.3 Å². The van der Waals surface area contributed by atoms with Gasteiger partial charge in [0.05, 0.1) is 4.92 Å². The van der Waals surface area contributed by atoms with E-state index in [9.17, 15) is 14.9 Å². The predicted octanol–water partition coefficient (Wildman–Crippen LogP) is 1.08. The molecular weight excluding hydrogens is 264 g/mol. The molecule has 20 heavy (non-hydrogen) atoms. The van der Waals surface area contributed by atoms with E-state index >= 15 is 0 Å². The van der Waals surface area contributed by atoms with E-state index in [0.29, 0.717) is 11.5 Å². The summed E-state index contributed by atoms with van der Waals surface area (Å²) in [7, 11) is 0. The molecule has 2 N–H and O–H groups in total. The normalized spacial score (nSPS) is 10.6. The Balaban J connectivity index is 2.12. The molecule has 0 bridgehead atoms. The summed E-state index contributed by atoms with van der Waals surface area (Å²) in [6.45, 7) is 4.81. The molecule has 0 aliphatic carbocycles. The number of nitro groups is 1. The Morgan fingerprint density at radius 2 is 2.20 bits per heavy atom. The van der Waals surface area contributed by atoms with Crippen molar-refractivity contribution in [1.29, 1.82) is 0 Å². The van der Waals surface area contributed by atoms with Crippen LogP contribution in [0.1, 0.15) is 17.1 Å². The van der Waals surface area contributed by atoms with Crippen molar-refractivity contribution in [2.75, 3.05) is 5.32 Å². The predicted molar refractivity (Wildman–Crippen MR) is 70.3 cm³/mol. The highest BCUT2D eigenvalue weighted by molar-refractivity contribution is 5.89. The maximum Gasteiger partial charge on any atom is 0.312 e. The lowest BCUT2D eigenvalue weighted by Crippen LogP contribution is -2.20. The molecule has 0 fully saturated rings. The minimum Gasteiger partial charge on any atom is -0.308 e. The minimum absolute atomic E-state index is 0.0617. The van der Waals surface area contributed by atoms with E-state index in [-0.39, 0.29) is 23.8 Å². The maximum atomic E-state index is 11.8. The topological polar surface area (TPSA) is 119 Å². The van der Waals surface area contributed by atoms with Crippen LogP contribution in [-0.2, 0) is 11.3 Å². The Morgan fingerprint density at radius 3 is 2.70 bits per heavy atom. The van der Waals surface area contributed by atoms with Crippen molar-refractivity contribution >= 4 is 17.4 Å². The van der Waals surface area contributed by atoms with Gasteiger partial charge in [-0.05, 0) is 20.8 Å². The third kappa shape index (κ3) is 2.66. The fourth-order valence-electron chi connectivity index (χ4n) is 1.91. The summed E-state index contributed by atoms with van der Waals surface area (Å²) in [5.74, 6) is 0.0560. The van der Waals surface area contributed by atoms with Crippen LogP contribution in [0.2, 0.25) is 0 Å². The highest BCUT2D eigenvalue weighted by Crippen LogP contribution is 2.21. The number of hydrogen-bond acceptors (Lipinski definition) is 5. The van der Waals surface area contributed by atoms with Gasteiger partial charge in [0.2, 0.25) is 5.91 Å². The van der Waals surface area contributed by atoms with Crippen LogP contribution >= 0.6 is 0 Å². The Hall–Kier alpha value is -2.71. The van der Waals surface area contributed by atoms with Gasteiger partial charge in [0.25, 0.3) is 0 Å². The van der Waals surface area contributed by atoms with E-state index in [1.165, 1.54) is 11.6 Å². The molecule has 0 aliphatic heterocycles. The van der Waals surface area contributed by atoms with Crippen LogP contribution in [0, 0.1) is 30.9 Å². The lowest BCUT2D eigenvalue weighted by molar-refractivity contribution is -0.386. The van der Waals surface area contributed by atoms with Crippen molar-refractivity contribution < 1.29 is 9.72 Å². The quantitative estimate of drug-likeness (QED) is 0.640. The third-order valence-corrected chi connectivity index (χ3v) is 2.79. The molecule has 0 atom stereocenters. The molecule has 9 nitrogen and oxygen atoms in total. The second kappa shape index (κ2) is 5.11. The van der Waals surface area contributed by atoms with Crippen LogP contribution in [0.4, 0.5) is 11.5 Å². The fourth-order valence-corrected chi connectivity index (χ4v) is 1.91.